The first-order valence-corrected chi connectivity index (χ1v) is 18.9. The van der Waals surface area contributed by atoms with Gasteiger partial charge in [0.2, 0.25) is 0 Å². The van der Waals surface area contributed by atoms with Gasteiger partial charge in [0.25, 0.3) is 0 Å². The van der Waals surface area contributed by atoms with Crippen LogP contribution in [-0.2, 0) is 12.8 Å². The van der Waals surface area contributed by atoms with Crippen molar-refractivity contribution in [1.29, 1.82) is 0 Å². The van der Waals surface area contributed by atoms with Gasteiger partial charge < -0.3 is 4.57 Å². The highest BCUT2D eigenvalue weighted by Gasteiger charge is 2.44. The minimum Gasteiger partial charge on any atom is -0.332 e. The number of thiophene rings is 1. The number of benzene rings is 5. The fourth-order valence-corrected chi connectivity index (χ4v) is 11.5. The summed E-state index contributed by atoms with van der Waals surface area (Å²) in [5.74, 6) is 1.01. The molecule has 0 spiro atoms. The van der Waals surface area contributed by atoms with Gasteiger partial charge in [-0.1, -0.05) is 134 Å². The molecule has 2 heteroatoms. The lowest BCUT2D eigenvalue weighted by Gasteiger charge is -2.45. The van der Waals surface area contributed by atoms with Crippen molar-refractivity contribution < 1.29 is 0 Å². The predicted molar refractivity (Wildman–Crippen MR) is 211 cm³/mol. The van der Waals surface area contributed by atoms with Crippen LogP contribution in [0.4, 0.5) is 0 Å². The Morgan fingerprint density at radius 1 is 0.540 bits per heavy atom. The molecule has 0 bridgehead atoms. The van der Waals surface area contributed by atoms with Crippen LogP contribution in [0.25, 0.3) is 48.3 Å². The lowest BCUT2D eigenvalue weighted by Crippen LogP contribution is -2.33. The molecule has 5 aliphatic carbocycles. The summed E-state index contributed by atoms with van der Waals surface area (Å²) < 4.78 is 5.53. The van der Waals surface area contributed by atoms with Gasteiger partial charge >= 0.3 is 0 Å². The number of allylic oxidation sites excluding steroid dienone is 9. The van der Waals surface area contributed by atoms with Crippen LogP contribution in [0.3, 0.4) is 0 Å². The molecule has 0 saturated carbocycles. The minimum atomic E-state index is 0.167. The van der Waals surface area contributed by atoms with Gasteiger partial charge in [-0.25, -0.2) is 0 Å². The van der Waals surface area contributed by atoms with Crippen LogP contribution in [-0.4, -0.2) is 4.57 Å². The SMILES string of the molecule is C1=CC2C3=C(C=CC4Cc5ccccc5C1=C34)c1ccccc1C2n1c2c(c3ccccc31)CC(c1cccc3c1sc1ccccc13)C=C2. The number of hydrogen-bond acceptors (Lipinski definition) is 1. The highest BCUT2D eigenvalue weighted by molar-refractivity contribution is 7.26. The first-order chi connectivity index (χ1) is 24.8. The largest absolute Gasteiger partial charge is 0.332 e. The molecule has 2 aromatic heterocycles. The average molecular weight is 656 g/mol. The van der Waals surface area contributed by atoms with E-state index in [0.29, 0.717) is 11.8 Å². The third-order valence-corrected chi connectivity index (χ3v) is 13.5. The monoisotopic (exact) mass is 655 g/mol. The van der Waals surface area contributed by atoms with Crippen molar-refractivity contribution in [2.45, 2.75) is 24.8 Å². The minimum absolute atomic E-state index is 0.167. The van der Waals surface area contributed by atoms with Crippen LogP contribution >= 0.6 is 11.3 Å². The van der Waals surface area contributed by atoms with Gasteiger partial charge in [0.15, 0.2) is 0 Å². The fraction of sp³-hybridized carbons (Fsp3) is 0.125. The summed E-state index contributed by atoms with van der Waals surface area (Å²) in [5, 5.41) is 4.15. The Kier molecular flexibility index (Phi) is 5.51. The zero-order chi connectivity index (χ0) is 32.5. The number of rotatable bonds is 2. The lowest BCUT2D eigenvalue weighted by atomic mass is 9.62. The fourth-order valence-electron chi connectivity index (χ4n) is 10.2. The second kappa shape index (κ2) is 10.1. The molecule has 12 rings (SSSR count). The molecule has 0 amide bonds. The normalized spacial score (nSPS) is 22.6. The van der Waals surface area contributed by atoms with E-state index in [0.717, 1.165) is 12.8 Å². The summed E-state index contributed by atoms with van der Waals surface area (Å²) in [6.07, 6.45) is 17.0. The smallest absolute Gasteiger partial charge is 0.0701 e. The van der Waals surface area contributed by atoms with Crippen molar-refractivity contribution in [3.8, 4) is 0 Å². The molecule has 5 aromatic carbocycles. The Balaban J connectivity index is 1.06. The van der Waals surface area contributed by atoms with Crippen LogP contribution in [0, 0.1) is 11.8 Å². The van der Waals surface area contributed by atoms with E-state index in [1.165, 1.54) is 81.3 Å². The Bertz CT molecular complexity index is 2790. The van der Waals surface area contributed by atoms with Gasteiger partial charge in [-0.2, -0.15) is 0 Å². The maximum absolute atomic E-state index is 2.73. The Morgan fingerprint density at radius 3 is 2.22 bits per heavy atom. The first-order valence-electron chi connectivity index (χ1n) is 18.0. The summed E-state index contributed by atoms with van der Waals surface area (Å²) in [7, 11) is 0. The van der Waals surface area contributed by atoms with Crippen molar-refractivity contribution in [1.82, 2.24) is 4.57 Å². The van der Waals surface area contributed by atoms with Gasteiger partial charge in [-0.3, -0.25) is 0 Å². The standard InChI is InChI=1S/C48H33NS/c1-2-11-31-28(10-1)26-30-20-22-37-33-12-3-4-15-38(33)47(40-24-23-36(31)45(30)46(37)40)49-42-18-7-5-13-34(42)41-27-29(21-25-43(41)49)32-16-9-17-39-35-14-6-8-19-44(35)50-48(32)39/h1-25,29-30,40,47H,26-27H2. The van der Waals surface area contributed by atoms with E-state index in [2.05, 4.69) is 156 Å². The average Bonchev–Trinajstić information content (AvgIpc) is 3.72. The van der Waals surface area contributed by atoms with Crippen molar-refractivity contribution in [2.75, 3.05) is 0 Å². The molecule has 0 aliphatic heterocycles. The van der Waals surface area contributed by atoms with E-state index in [9.17, 15) is 0 Å². The van der Waals surface area contributed by atoms with Crippen LogP contribution in [0.5, 0.6) is 0 Å². The molecule has 5 aliphatic rings. The molecule has 50 heavy (non-hydrogen) atoms. The third-order valence-electron chi connectivity index (χ3n) is 12.3. The van der Waals surface area contributed by atoms with E-state index in [1.807, 2.05) is 11.3 Å². The molecule has 0 N–H and O–H groups in total. The van der Waals surface area contributed by atoms with Gasteiger partial charge in [-0.15, -0.1) is 11.3 Å². The zero-order valence-corrected chi connectivity index (χ0v) is 28.3. The number of nitrogens with zero attached hydrogens (tertiary/aromatic N) is 1. The quantitative estimate of drug-likeness (QED) is 0.175. The molecule has 0 saturated heterocycles. The molecule has 2 heterocycles. The highest BCUT2D eigenvalue weighted by atomic mass is 32.1. The Labute approximate surface area is 295 Å². The topological polar surface area (TPSA) is 4.93 Å². The van der Waals surface area contributed by atoms with E-state index in [1.54, 1.807) is 11.1 Å². The van der Waals surface area contributed by atoms with Crippen LogP contribution in [0.1, 0.15) is 51.0 Å². The zero-order valence-electron chi connectivity index (χ0n) is 27.5. The van der Waals surface area contributed by atoms with E-state index < -0.39 is 0 Å². The first kappa shape index (κ1) is 27.4. The molecule has 1 nitrogen and oxygen atoms in total. The summed E-state index contributed by atoms with van der Waals surface area (Å²) in [5.41, 5.74) is 17.3. The Morgan fingerprint density at radius 2 is 1.26 bits per heavy atom. The highest BCUT2D eigenvalue weighted by Crippen LogP contribution is 2.57. The maximum atomic E-state index is 2.73. The van der Waals surface area contributed by atoms with Crippen molar-refractivity contribution in [3.05, 3.63) is 196 Å². The van der Waals surface area contributed by atoms with Gasteiger partial charge in [0.05, 0.1) is 6.04 Å². The van der Waals surface area contributed by atoms with Crippen molar-refractivity contribution in [3.63, 3.8) is 0 Å². The Hall–Kier alpha value is -5.44. The summed E-state index contributed by atoms with van der Waals surface area (Å²) >= 11 is 1.95. The van der Waals surface area contributed by atoms with Gasteiger partial charge in [0.1, 0.15) is 0 Å². The molecule has 0 fully saturated rings. The number of aromatic nitrogens is 1. The van der Waals surface area contributed by atoms with E-state index in [4.69, 9.17) is 0 Å². The van der Waals surface area contributed by atoms with Crippen LogP contribution in [0.2, 0.25) is 0 Å². The van der Waals surface area contributed by atoms with Crippen LogP contribution in [0.15, 0.2) is 157 Å². The molecular formula is C48H33NS. The molecular weight excluding hydrogens is 623 g/mol. The third kappa shape index (κ3) is 3.57. The van der Waals surface area contributed by atoms with Crippen molar-refractivity contribution >= 4 is 59.6 Å². The number of fused-ring (bicyclic) bond motifs is 10. The summed E-state index contributed by atoms with van der Waals surface area (Å²) in [4.78, 5) is 0. The second-order valence-corrected chi connectivity index (χ2v) is 15.7. The molecule has 7 aromatic rings. The maximum Gasteiger partial charge on any atom is 0.0701 e. The molecule has 0 radical (unpaired) electrons. The molecule has 4 atom stereocenters. The second-order valence-electron chi connectivity index (χ2n) is 14.6. The molecule has 4 unspecified atom stereocenters. The van der Waals surface area contributed by atoms with Crippen LogP contribution < -0.4 is 0 Å². The number of para-hydroxylation sites is 1. The number of hydrogen-bond donors (Lipinski definition) is 0. The van der Waals surface area contributed by atoms with Gasteiger partial charge in [0, 0.05) is 54.5 Å². The van der Waals surface area contributed by atoms with E-state index in [-0.39, 0.29) is 12.0 Å². The predicted octanol–water partition coefficient (Wildman–Crippen LogP) is 12.1. The van der Waals surface area contributed by atoms with Crippen molar-refractivity contribution in [2.24, 2.45) is 11.8 Å². The van der Waals surface area contributed by atoms with Gasteiger partial charge in [-0.05, 0) is 86.7 Å². The van der Waals surface area contributed by atoms with E-state index >= 15 is 0 Å². The molecule has 236 valence electrons. The lowest BCUT2D eigenvalue weighted by molar-refractivity contribution is 0.488. The summed E-state index contributed by atoms with van der Waals surface area (Å²) in [6, 6.07) is 43.5. The summed E-state index contributed by atoms with van der Waals surface area (Å²) in [6.45, 7) is 0.